The Hall–Kier alpha value is -4.20. The molecule has 4 rings (SSSR count). The van der Waals surface area contributed by atoms with Gasteiger partial charge in [-0.25, -0.2) is 4.79 Å². The highest BCUT2D eigenvalue weighted by atomic mass is 16.7. The lowest BCUT2D eigenvalue weighted by atomic mass is 10.1. The molecular weight excluding hydrogens is 474 g/mol. The number of hydrogen-bond acceptors (Lipinski definition) is 6. The van der Waals surface area contributed by atoms with E-state index in [0.29, 0.717) is 29.4 Å². The van der Waals surface area contributed by atoms with Gasteiger partial charge in [-0.05, 0) is 61.2 Å². The van der Waals surface area contributed by atoms with Gasteiger partial charge in [-0.15, -0.1) is 0 Å². The summed E-state index contributed by atoms with van der Waals surface area (Å²) in [5, 5.41) is 9.69. The highest BCUT2D eigenvalue weighted by molar-refractivity contribution is 5.93. The van der Waals surface area contributed by atoms with Crippen LogP contribution in [0.5, 0.6) is 23.0 Å². The smallest absolute Gasteiger partial charge is 0.339 e. The lowest BCUT2D eigenvalue weighted by molar-refractivity contribution is -0.129. The standard InChI is InChI=1S/C29H31NO7/c1-18(2)37-23-10-19(3)28(29(32)33)26(14-23)34-16-22-7-5-6-21(11-22)15-30(4)27(31)13-20-8-9-24-25(12-20)36-17-35-24/h5-12,14,18H,13,15-17H2,1-4H3,(H,32,33). The lowest BCUT2D eigenvalue weighted by Gasteiger charge is -2.18. The van der Waals surface area contributed by atoms with E-state index < -0.39 is 5.97 Å². The molecule has 0 spiro atoms. The maximum Gasteiger partial charge on any atom is 0.339 e. The van der Waals surface area contributed by atoms with E-state index in [2.05, 4.69) is 0 Å². The van der Waals surface area contributed by atoms with Gasteiger partial charge in [0.05, 0.1) is 12.5 Å². The topological polar surface area (TPSA) is 94.5 Å². The summed E-state index contributed by atoms with van der Waals surface area (Å²) < 4.78 is 22.4. The predicted octanol–water partition coefficient (Wildman–Crippen LogP) is 4.99. The number of likely N-dealkylation sites (N-methyl/N-ethyl adjacent to an activating group) is 1. The van der Waals surface area contributed by atoms with Gasteiger partial charge in [-0.2, -0.15) is 0 Å². The fourth-order valence-corrected chi connectivity index (χ4v) is 4.15. The van der Waals surface area contributed by atoms with Crippen LogP contribution in [-0.4, -0.2) is 41.8 Å². The second kappa shape index (κ2) is 11.2. The van der Waals surface area contributed by atoms with Crippen molar-refractivity contribution in [3.63, 3.8) is 0 Å². The number of nitrogens with zero attached hydrogens (tertiary/aromatic N) is 1. The number of amides is 1. The Morgan fingerprint density at radius 1 is 1.00 bits per heavy atom. The Kier molecular flexibility index (Phi) is 7.86. The molecule has 0 aliphatic carbocycles. The van der Waals surface area contributed by atoms with Crippen molar-refractivity contribution in [1.29, 1.82) is 0 Å². The van der Waals surface area contributed by atoms with Crippen molar-refractivity contribution in [3.05, 3.63) is 82.4 Å². The number of carboxylic acids is 1. The first-order valence-electron chi connectivity index (χ1n) is 12.1. The van der Waals surface area contributed by atoms with E-state index in [1.54, 1.807) is 31.0 Å². The molecule has 0 atom stereocenters. The van der Waals surface area contributed by atoms with Crippen LogP contribution in [0.3, 0.4) is 0 Å². The number of rotatable bonds is 10. The third-order valence-electron chi connectivity index (χ3n) is 5.88. The summed E-state index contributed by atoms with van der Waals surface area (Å²) in [6, 6.07) is 16.5. The molecule has 194 valence electrons. The zero-order valence-corrected chi connectivity index (χ0v) is 21.4. The van der Waals surface area contributed by atoms with E-state index in [0.717, 1.165) is 16.7 Å². The molecule has 3 aromatic carbocycles. The number of carbonyl (C=O) groups excluding carboxylic acids is 1. The number of ether oxygens (including phenoxy) is 4. The van der Waals surface area contributed by atoms with E-state index in [4.69, 9.17) is 18.9 Å². The zero-order chi connectivity index (χ0) is 26.5. The highest BCUT2D eigenvalue weighted by Crippen LogP contribution is 2.33. The number of benzene rings is 3. The Bertz CT molecular complexity index is 1300. The molecule has 0 aromatic heterocycles. The lowest BCUT2D eigenvalue weighted by Crippen LogP contribution is -2.27. The number of aromatic carboxylic acids is 1. The molecule has 0 unspecified atom stereocenters. The van der Waals surface area contributed by atoms with Gasteiger partial charge < -0.3 is 29.0 Å². The minimum absolute atomic E-state index is 0.0240. The van der Waals surface area contributed by atoms with E-state index >= 15 is 0 Å². The SMILES string of the molecule is Cc1cc(OC(C)C)cc(OCc2cccc(CN(C)C(=O)Cc3ccc4c(c3)OCO4)c2)c1C(=O)O. The van der Waals surface area contributed by atoms with Crippen LogP contribution in [0.25, 0.3) is 0 Å². The van der Waals surface area contributed by atoms with Gasteiger partial charge in [0.1, 0.15) is 23.7 Å². The Morgan fingerprint density at radius 3 is 2.51 bits per heavy atom. The van der Waals surface area contributed by atoms with Crippen LogP contribution in [0, 0.1) is 6.92 Å². The average Bonchev–Trinajstić information content (AvgIpc) is 3.30. The number of hydrogen-bond donors (Lipinski definition) is 1. The van der Waals surface area contributed by atoms with Crippen LogP contribution in [0.4, 0.5) is 0 Å². The van der Waals surface area contributed by atoms with E-state index in [9.17, 15) is 14.7 Å². The van der Waals surface area contributed by atoms with Crippen molar-refractivity contribution in [2.24, 2.45) is 0 Å². The summed E-state index contributed by atoms with van der Waals surface area (Å²) in [6.07, 6.45) is 0.201. The maximum atomic E-state index is 12.8. The molecule has 3 aromatic rings. The Labute approximate surface area is 216 Å². The minimum Gasteiger partial charge on any atom is -0.491 e. The quantitative estimate of drug-likeness (QED) is 0.415. The number of carbonyl (C=O) groups is 2. The summed E-state index contributed by atoms with van der Waals surface area (Å²) >= 11 is 0. The van der Waals surface area contributed by atoms with Crippen LogP contribution in [0.15, 0.2) is 54.6 Å². The third kappa shape index (κ3) is 6.52. The van der Waals surface area contributed by atoms with Crippen molar-refractivity contribution < 1.29 is 33.6 Å². The largest absolute Gasteiger partial charge is 0.491 e. The van der Waals surface area contributed by atoms with Gasteiger partial charge in [0.15, 0.2) is 11.5 Å². The molecule has 0 fully saturated rings. The van der Waals surface area contributed by atoms with E-state index in [1.165, 1.54) is 0 Å². The number of aryl methyl sites for hydroxylation is 1. The molecule has 1 aliphatic heterocycles. The van der Waals surface area contributed by atoms with Crippen LogP contribution in [0.1, 0.15) is 46.5 Å². The summed E-state index contributed by atoms with van der Waals surface area (Å²) in [7, 11) is 1.76. The molecule has 1 N–H and O–H groups in total. The third-order valence-corrected chi connectivity index (χ3v) is 5.88. The molecule has 1 heterocycles. The average molecular weight is 506 g/mol. The monoisotopic (exact) mass is 505 g/mol. The van der Waals surface area contributed by atoms with Crippen molar-refractivity contribution >= 4 is 11.9 Å². The second-order valence-corrected chi connectivity index (χ2v) is 9.31. The molecular formula is C29H31NO7. The first-order chi connectivity index (χ1) is 17.7. The van der Waals surface area contributed by atoms with Crippen LogP contribution >= 0.6 is 0 Å². The van der Waals surface area contributed by atoms with Crippen LogP contribution in [0.2, 0.25) is 0 Å². The normalized spacial score (nSPS) is 11.9. The van der Waals surface area contributed by atoms with Gasteiger partial charge >= 0.3 is 5.97 Å². The number of fused-ring (bicyclic) bond motifs is 1. The van der Waals surface area contributed by atoms with Crippen molar-refractivity contribution in [3.8, 4) is 23.0 Å². The van der Waals surface area contributed by atoms with Crippen molar-refractivity contribution in [1.82, 2.24) is 4.90 Å². The Morgan fingerprint density at radius 2 is 1.76 bits per heavy atom. The molecule has 1 amide bonds. The first kappa shape index (κ1) is 25.9. The summed E-state index contributed by atoms with van der Waals surface area (Å²) in [5.74, 6) is 1.08. The molecule has 37 heavy (non-hydrogen) atoms. The minimum atomic E-state index is -1.06. The summed E-state index contributed by atoms with van der Waals surface area (Å²) in [5.41, 5.74) is 3.34. The maximum absolute atomic E-state index is 12.8. The molecule has 0 bridgehead atoms. The number of carboxylic acid groups (broad SMARTS) is 1. The fraction of sp³-hybridized carbons (Fsp3) is 0.310. The van der Waals surface area contributed by atoms with Crippen LogP contribution in [-0.2, 0) is 24.4 Å². The molecule has 1 aliphatic rings. The van der Waals surface area contributed by atoms with Crippen molar-refractivity contribution in [2.75, 3.05) is 13.8 Å². The summed E-state index contributed by atoms with van der Waals surface area (Å²) in [4.78, 5) is 26.3. The molecule has 0 radical (unpaired) electrons. The van der Waals surface area contributed by atoms with Gasteiger partial charge in [0, 0.05) is 19.7 Å². The molecule has 8 nitrogen and oxygen atoms in total. The van der Waals surface area contributed by atoms with Crippen LogP contribution < -0.4 is 18.9 Å². The predicted molar refractivity (Wildman–Crippen MR) is 137 cm³/mol. The zero-order valence-electron chi connectivity index (χ0n) is 21.4. The first-order valence-corrected chi connectivity index (χ1v) is 12.1. The van der Waals surface area contributed by atoms with Gasteiger partial charge in [0.25, 0.3) is 0 Å². The molecule has 0 saturated heterocycles. The summed E-state index contributed by atoms with van der Waals surface area (Å²) in [6.45, 7) is 6.33. The molecule has 8 heteroatoms. The van der Waals surface area contributed by atoms with Gasteiger partial charge in [0.2, 0.25) is 12.7 Å². The second-order valence-electron chi connectivity index (χ2n) is 9.31. The van der Waals surface area contributed by atoms with Gasteiger partial charge in [-0.1, -0.05) is 30.3 Å². The highest BCUT2D eigenvalue weighted by Gasteiger charge is 2.19. The molecule has 0 saturated carbocycles. The Balaban J connectivity index is 1.41. The van der Waals surface area contributed by atoms with E-state index in [-0.39, 0.29) is 43.1 Å². The van der Waals surface area contributed by atoms with Crippen molar-refractivity contribution in [2.45, 2.75) is 46.4 Å². The van der Waals surface area contributed by atoms with E-state index in [1.807, 2.05) is 56.3 Å². The van der Waals surface area contributed by atoms with Gasteiger partial charge in [-0.3, -0.25) is 4.79 Å². The fourth-order valence-electron chi connectivity index (χ4n) is 4.15.